The second-order valence-corrected chi connectivity index (χ2v) is 5.34. The van der Waals surface area contributed by atoms with Gasteiger partial charge in [-0.05, 0) is 51.3 Å². The predicted molar refractivity (Wildman–Crippen MR) is 105 cm³/mol. The monoisotopic (exact) mass is 437 g/mol. The number of halogens is 2. The van der Waals surface area contributed by atoms with Crippen LogP contribution in [-0.2, 0) is 11.2 Å². The van der Waals surface area contributed by atoms with E-state index in [-0.39, 0.29) is 35.9 Å². The van der Waals surface area contributed by atoms with Crippen LogP contribution in [0.2, 0.25) is 0 Å². The van der Waals surface area contributed by atoms with Gasteiger partial charge in [0.05, 0.1) is 6.10 Å². The minimum absolute atomic E-state index is 0. The van der Waals surface area contributed by atoms with Crippen LogP contribution in [0.25, 0.3) is 0 Å². The molecule has 4 nitrogen and oxygen atoms in total. The van der Waals surface area contributed by atoms with Gasteiger partial charge in [-0.1, -0.05) is 12.1 Å². The first-order valence-corrected chi connectivity index (χ1v) is 8.00. The molecule has 0 amide bonds. The van der Waals surface area contributed by atoms with Gasteiger partial charge in [-0.15, -0.1) is 24.0 Å². The first-order chi connectivity index (χ1) is 10.6. The van der Waals surface area contributed by atoms with E-state index in [2.05, 4.69) is 15.6 Å². The van der Waals surface area contributed by atoms with Gasteiger partial charge >= 0.3 is 0 Å². The van der Waals surface area contributed by atoms with E-state index in [0.717, 1.165) is 50.6 Å². The lowest BCUT2D eigenvalue weighted by molar-refractivity contribution is 0.0782. The average Bonchev–Trinajstić information content (AvgIpc) is 2.46. The molecule has 23 heavy (non-hydrogen) atoms. The lowest BCUT2D eigenvalue weighted by Crippen LogP contribution is -2.38. The predicted octanol–water partition coefficient (Wildman–Crippen LogP) is 3.36. The Balaban J connectivity index is 0.00000484. The summed E-state index contributed by atoms with van der Waals surface area (Å²) in [7, 11) is 0. The molecule has 0 saturated heterocycles. The maximum absolute atomic E-state index is 13.1. The number of aliphatic imine (C=N–C) groups is 1. The van der Waals surface area contributed by atoms with Crippen LogP contribution < -0.4 is 10.6 Å². The summed E-state index contributed by atoms with van der Waals surface area (Å²) in [6.07, 6.45) is 1.93. The number of guanidine groups is 1. The molecule has 1 aromatic rings. The van der Waals surface area contributed by atoms with E-state index in [1.54, 1.807) is 12.1 Å². The van der Waals surface area contributed by atoms with Crippen LogP contribution in [-0.4, -0.2) is 38.3 Å². The third-order valence-corrected chi connectivity index (χ3v) is 2.96. The van der Waals surface area contributed by atoms with Gasteiger partial charge in [-0.3, -0.25) is 4.99 Å². The highest BCUT2D eigenvalue weighted by Gasteiger charge is 1.99. The summed E-state index contributed by atoms with van der Waals surface area (Å²) < 4.78 is 18.6. The summed E-state index contributed by atoms with van der Waals surface area (Å²) in [5.74, 6) is 0.603. The van der Waals surface area contributed by atoms with Crippen LogP contribution in [0, 0.1) is 5.82 Å². The smallest absolute Gasteiger partial charge is 0.191 e. The number of nitrogens with zero attached hydrogens (tertiary/aromatic N) is 1. The Morgan fingerprint density at radius 3 is 2.74 bits per heavy atom. The molecule has 0 radical (unpaired) electrons. The Morgan fingerprint density at radius 2 is 2.09 bits per heavy atom. The molecule has 0 unspecified atom stereocenters. The number of hydrogen-bond acceptors (Lipinski definition) is 2. The van der Waals surface area contributed by atoms with E-state index in [4.69, 9.17) is 4.74 Å². The first-order valence-electron chi connectivity index (χ1n) is 8.00. The van der Waals surface area contributed by atoms with E-state index in [9.17, 15) is 4.39 Å². The normalized spacial score (nSPS) is 11.3. The fraction of sp³-hybridized carbons (Fsp3) is 0.588. The van der Waals surface area contributed by atoms with Crippen molar-refractivity contribution in [2.75, 3.05) is 26.2 Å². The number of benzene rings is 1. The van der Waals surface area contributed by atoms with E-state index in [0.29, 0.717) is 0 Å². The molecule has 1 rings (SSSR count). The molecule has 0 aliphatic carbocycles. The van der Waals surface area contributed by atoms with E-state index in [1.165, 1.54) is 6.07 Å². The van der Waals surface area contributed by atoms with Gasteiger partial charge in [0.2, 0.25) is 0 Å². The molecule has 0 fully saturated rings. The summed E-state index contributed by atoms with van der Waals surface area (Å²) in [4.78, 5) is 4.50. The van der Waals surface area contributed by atoms with Crippen molar-refractivity contribution < 1.29 is 9.13 Å². The van der Waals surface area contributed by atoms with Crippen LogP contribution in [0.15, 0.2) is 29.3 Å². The van der Waals surface area contributed by atoms with Crippen molar-refractivity contribution in [2.45, 2.75) is 39.7 Å². The maximum Gasteiger partial charge on any atom is 0.191 e. The number of rotatable bonds is 9. The molecule has 1 aromatic carbocycles. The van der Waals surface area contributed by atoms with Crippen molar-refractivity contribution in [3.63, 3.8) is 0 Å². The van der Waals surface area contributed by atoms with Gasteiger partial charge in [-0.2, -0.15) is 0 Å². The van der Waals surface area contributed by atoms with Crippen molar-refractivity contribution >= 4 is 29.9 Å². The van der Waals surface area contributed by atoms with E-state index < -0.39 is 0 Å². The van der Waals surface area contributed by atoms with Crippen molar-refractivity contribution in [1.29, 1.82) is 0 Å². The highest BCUT2D eigenvalue weighted by molar-refractivity contribution is 14.0. The molecular weight excluding hydrogens is 408 g/mol. The highest BCUT2D eigenvalue weighted by Crippen LogP contribution is 2.03. The zero-order valence-electron chi connectivity index (χ0n) is 14.3. The molecular formula is C17H29FIN3O. The summed E-state index contributed by atoms with van der Waals surface area (Å²) in [5, 5.41) is 6.47. The minimum Gasteiger partial charge on any atom is -0.379 e. The second-order valence-electron chi connectivity index (χ2n) is 5.34. The molecule has 6 heteroatoms. The fourth-order valence-electron chi connectivity index (χ4n) is 1.93. The Morgan fingerprint density at radius 1 is 1.30 bits per heavy atom. The molecule has 0 bridgehead atoms. The molecule has 0 aliphatic heterocycles. The quantitative estimate of drug-likeness (QED) is 0.270. The molecule has 0 aliphatic rings. The molecule has 0 heterocycles. The second kappa shape index (κ2) is 13.5. The largest absolute Gasteiger partial charge is 0.379 e. The standard InChI is InChI=1S/C17H28FN3O.HI/c1-4-19-17(20-10-6-12-22-14(2)3)21-11-9-15-7-5-8-16(18)13-15;/h5,7-8,13-14H,4,6,9-12H2,1-3H3,(H2,19,20,21);1H. The highest BCUT2D eigenvalue weighted by atomic mass is 127. The van der Waals surface area contributed by atoms with Crippen LogP contribution in [0.4, 0.5) is 4.39 Å². The van der Waals surface area contributed by atoms with Gasteiger partial charge in [0.1, 0.15) is 5.82 Å². The fourth-order valence-corrected chi connectivity index (χ4v) is 1.93. The maximum atomic E-state index is 13.1. The van der Waals surface area contributed by atoms with Crippen molar-refractivity contribution in [2.24, 2.45) is 4.99 Å². The summed E-state index contributed by atoms with van der Waals surface area (Å²) in [5.41, 5.74) is 0.980. The Kier molecular flexibility index (Phi) is 13.0. The molecule has 0 atom stereocenters. The molecule has 132 valence electrons. The molecule has 0 saturated carbocycles. The van der Waals surface area contributed by atoms with Crippen molar-refractivity contribution in [1.82, 2.24) is 10.6 Å². The van der Waals surface area contributed by atoms with Gasteiger partial charge in [0, 0.05) is 26.2 Å². The number of nitrogens with one attached hydrogen (secondary N) is 2. The minimum atomic E-state index is -0.191. The van der Waals surface area contributed by atoms with Gasteiger partial charge in [0.15, 0.2) is 5.96 Å². The summed E-state index contributed by atoms with van der Waals surface area (Å²) in [6, 6.07) is 6.69. The number of ether oxygens (including phenoxy) is 1. The molecule has 0 aromatic heterocycles. The Bertz CT molecular complexity index is 455. The number of hydrogen-bond donors (Lipinski definition) is 2. The van der Waals surface area contributed by atoms with Crippen LogP contribution >= 0.6 is 24.0 Å². The third kappa shape index (κ3) is 11.3. The Hall–Kier alpha value is -0.890. The van der Waals surface area contributed by atoms with E-state index >= 15 is 0 Å². The summed E-state index contributed by atoms with van der Waals surface area (Å²) >= 11 is 0. The average molecular weight is 437 g/mol. The van der Waals surface area contributed by atoms with Crippen molar-refractivity contribution in [3.8, 4) is 0 Å². The SMILES string of the molecule is CCNC(=NCCCOC(C)C)NCCc1cccc(F)c1.I. The van der Waals surface area contributed by atoms with Crippen molar-refractivity contribution in [3.05, 3.63) is 35.6 Å². The first kappa shape index (κ1) is 22.1. The Labute approximate surface area is 156 Å². The van der Waals surface area contributed by atoms with Gasteiger partial charge in [0.25, 0.3) is 0 Å². The lowest BCUT2D eigenvalue weighted by Gasteiger charge is -2.11. The van der Waals surface area contributed by atoms with Crippen LogP contribution in [0.1, 0.15) is 32.8 Å². The lowest BCUT2D eigenvalue weighted by atomic mass is 10.1. The van der Waals surface area contributed by atoms with Gasteiger partial charge < -0.3 is 15.4 Å². The third-order valence-electron chi connectivity index (χ3n) is 2.96. The summed E-state index contributed by atoms with van der Waals surface area (Å²) in [6.45, 7) is 9.08. The van der Waals surface area contributed by atoms with E-state index in [1.807, 2.05) is 26.8 Å². The zero-order valence-corrected chi connectivity index (χ0v) is 16.6. The van der Waals surface area contributed by atoms with Gasteiger partial charge in [-0.25, -0.2) is 4.39 Å². The zero-order chi connectivity index (χ0) is 16.2. The molecule has 0 spiro atoms. The van der Waals surface area contributed by atoms with Crippen LogP contribution in [0.5, 0.6) is 0 Å². The topological polar surface area (TPSA) is 45.7 Å². The molecule has 2 N–H and O–H groups in total. The van der Waals surface area contributed by atoms with Crippen LogP contribution in [0.3, 0.4) is 0 Å².